The summed E-state index contributed by atoms with van der Waals surface area (Å²) in [7, 11) is 0. The second-order valence-corrected chi connectivity index (χ2v) is 4.32. The fourth-order valence-electron chi connectivity index (χ4n) is 1.37. The third-order valence-electron chi connectivity index (χ3n) is 2.60. The molecule has 1 fully saturated rings. The van der Waals surface area contributed by atoms with Gasteiger partial charge in [-0.1, -0.05) is 0 Å². The number of aliphatic carboxylic acids is 1. The van der Waals surface area contributed by atoms with Crippen molar-refractivity contribution in [2.45, 2.75) is 25.3 Å². The molecule has 4 N–H and O–H groups in total. The number of aliphatic hydroxyl groups excluding tert-OH is 1. The van der Waals surface area contributed by atoms with Gasteiger partial charge in [0.1, 0.15) is 6.04 Å². The largest absolute Gasteiger partial charge is 0.480 e. The molecule has 0 aromatic rings. The van der Waals surface area contributed by atoms with Gasteiger partial charge in [-0.2, -0.15) is 0 Å². The Balaban J connectivity index is 2.04. The first-order valence-electron chi connectivity index (χ1n) is 6.09. The van der Waals surface area contributed by atoms with Gasteiger partial charge >= 0.3 is 12.0 Å². The number of aliphatic hydroxyl groups is 1. The van der Waals surface area contributed by atoms with Gasteiger partial charge < -0.3 is 25.6 Å². The molecule has 0 aromatic carbocycles. The maximum absolute atomic E-state index is 11.3. The summed E-state index contributed by atoms with van der Waals surface area (Å²) >= 11 is 0. The van der Waals surface area contributed by atoms with Crippen molar-refractivity contribution in [3.05, 3.63) is 0 Å². The second-order valence-electron chi connectivity index (χ2n) is 4.32. The number of hydrogen-bond acceptors (Lipinski definition) is 4. The van der Waals surface area contributed by atoms with Gasteiger partial charge in [0.2, 0.25) is 0 Å². The van der Waals surface area contributed by atoms with Crippen LogP contribution in [0.5, 0.6) is 0 Å². The molecule has 0 aromatic heterocycles. The van der Waals surface area contributed by atoms with Gasteiger partial charge in [-0.05, 0) is 18.8 Å². The van der Waals surface area contributed by atoms with Crippen LogP contribution in [0.15, 0.2) is 0 Å². The summed E-state index contributed by atoms with van der Waals surface area (Å²) in [4.78, 5) is 22.0. The van der Waals surface area contributed by atoms with E-state index in [-0.39, 0.29) is 13.0 Å². The van der Waals surface area contributed by atoms with Gasteiger partial charge in [0.25, 0.3) is 0 Å². The molecule has 0 unspecified atom stereocenters. The molecule has 18 heavy (non-hydrogen) atoms. The molecule has 1 atom stereocenters. The average molecular weight is 260 g/mol. The maximum Gasteiger partial charge on any atom is 0.326 e. The van der Waals surface area contributed by atoms with E-state index in [0.29, 0.717) is 19.1 Å². The van der Waals surface area contributed by atoms with Crippen LogP contribution in [-0.2, 0) is 9.53 Å². The Hall–Kier alpha value is -1.34. The van der Waals surface area contributed by atoms with Crippen molar-refractivity contribution < 1.29 is 24.5 Å². The Labute approximate surface area is 106 Å². The number of carbonyl (C=O) groups is 2. The molecule has 7 heteroatoms. The van der Waals surface area contributed by atoms with Crippen LogP contribution in [0.1, 0.15) is 19.3 Å². The molecule has 1 aliphatic carbocycles. The van der Waals surface area contributed by atoms with Gasteiger partial charge in [0.15, 0.2) is 0 Å². The molecule has 0 spiro atoms. The third kappa shape index (κ3) is 6.41. The highest BCUT2D eigenvalue weighted by molar-refractivity contribution is 5.82. The Morgan fingerprint density at radius 1 is 1.39 bits per heavy atom. The molecular formula is C11H20N2O5. The lowest BCUT2D eigenvalue weighted by Gasteiger charge is -2.13. The Morgan fingerprint density at radius 3 is 2.67 bits per heavy atom. The highest BCUT2D eigenvalue weighted by Gasteiger charge is 2.21. The van der Waals surface area contributed by atoms with E-state index in [1.54, 1.807) is 0 Å². The summed E-state index contributed by atoms with van der Waals surface area (Å²) in [6.45, 7) is 1.19. The molecule has 0 heterocycles. The summed E-state index contributed by atoms with van der Waals surface area (Å²) in [5, 5.41) is 22.2. The molecule has 0 saturated heterocycles. The molecule has 1 rings (SSSR count). The quantitative estimate of drug-likeness (QED) is 0.420. The van der Waals surface area contributed by atoms with E-state index in [0.717, 1.165) is 6.61 Å². The van der Waals surface area contributed by atoms with Crippen molar-refractivity contribution in [3.63, 3.8) is 0 Å². The van der Waals surface area contributed by atoms with Crippen LogP contribution in [0.25, 0.3) is 0 Å². The summed E-state index contributed by atoms with van der Waals surface area (Å²) < 4.78 is 5.31. The van der Waals surface area contributed by atoms with Crippen molar-refractivity contribution in [1.29, 1.82) is 0 Å². The molecular weight excluding hydrogens is 240 g/mol. The van der Waals surface area contributed by atoms with Crippen molar-refractivity contribution in [1.82, 2.24) is 10.6 Å². The Kier molecular flexibility index (Phi) is 6.45. The first kappa shape index (κ1) is 14.7. The van der Waals surface area contributed by atoms with Gasteiger partial charge in [0, 0.05) is 26.2 Å². The van der Waals surface area contributed by atoms with Crippen LogP contribution in [0, 0.1) is 5.92 Å². The van der Waals surface area contributed by atoms with Gasteiger partial charge in [-0.3, -0.25) is 0 Å². The number of carbonyl (C=O) groups excluding carboxylic acids is 1. The van der Waals surface area contributed by atoms with Gasteiger partial charge in [-0.15, -0.1) is 0 Å². The number of carboxylic acid groups (broad SMARTS) is 1. The second kappa shape index (κ2) is 7.88. The third-order valence-corrected chi connectivity index (χ3v) is 2.60. The lowest BCUT2D eigenvalue weighted by molar-refractivity contribution is -0.139. The lowest BCUT2D eigenvalue weighted by Crippen LogP contribution is -2.47. The van der Waals surface area contributed by atoms with Gasteiger partial charge in [0.05, 0.1) is 6.61 Å². The number of hydrogen-bond donors (Lipinski definition) is 4. The SMILES string of the molecule is O=C(NCCOCC1CC1)N[C@@H](CCO)C(=O)O. The summed E-state index contributed by atoms with van der Waals surface area (Å²) in [5.74, 6) is -0.482. The maximum atomic E-state index is 11.3. The predicted octanol–water partition coefficient (Wildman–Crippen LogP) is -0.452. The fourth-order valence-corrected chi connectivity index (χ4v) is 1.37. The van der Waals surface area contributed by atoms with Crippen LogP contribution in [0.2, 0.25) is 0 Å². The predicted molar refractivity (Wildman–Crippen MR) is 63.2 cm³/mol. The van der Waals surface area contributed by atoms with Crippen molar-refractivity contribution in [2.75, 3.05) is 26.4 Å². The Bertz CT molecular complexity index is 281. The first-order valence-corrected chi connectivity index (χ1v) is 6.09. The van der Waals surface area contributed by atoms with E-state index in [9.17, 15) is 9.59 Å². The minimum atomic E-state index is -1.16. The van der Waals surface area contributed by atoms with E-state index in [2.05, 4.69) is 10.6 Å². The molecule has 104 valence electrons. The fraction of sp³-hybridized carbons (Fsp3) is 0.818. The highest BCUT2D eigenvalue weighted by atomic mass is 16.5. The zero-order chi connectivity index (χ0) is 13.4. The summed E-state index contributed by atoms with van der Waals surface area (Å²) in [5.41, 5.74) is 0. The lowest BCUT2D eigenvalue weighted by atomic mass is 10.2. The van der Waals surface area contributed by atoms with E-state index in [1.807, 2.05) is 0 Å². The first-order chi connectivity index (χ1) is 8.63. The highest BCUT2D eigenvalue weighted by Crippen LogP contribution is 2.28. The van der Waals surface area contributed by atoms with Crippen LogP contribution in [0.3, 0.4) is 0 Å². The number of rotatable bonds is 9. The van der Waals surface area contributed by atoms with Crippen LogP contribution < -0.4 is 10.6 Å². The topological polar surface area (TPSA) is 108 Å². The number of carboxylic acids is 1. The molecule has 1 aliphatic rings. The normalized spacial score (nSPS) is 16.1. The number of amides is 2. The van der Waals surface area contributed by atoms with Crippen LogP contribution >= 0.6 is 0 Å². The van der Waals surface area contributed by atoms with Crippen molar-refractivity contribution in [2.24, 2.45) is 5.92 Å². The van der Waals surface area contributed by atoms with Gasteiger partial charge in [-0.25, -0.2) is 9.59 Å². The van der Waals surface area contributed by atoms with E-state index < -0.39 is 18.0 Å². The van der Waals surface area contributed by atoms with E-state index in [1.165, 1.54) is 12.8 Å². The molecule has 0 aliphatic heterocycles. The number of ether oxygens (including phenoxy) is 1. The summed E-state index contributed by atoms with van der Waals surface area (Å²) in [6, 6.07) is -1.63. The Morgan fingerprint density at radius 2 is 2.11 bits per heavy atom. The monoisotopic (exact) mass is 260 g/mol. The van der Waals surface area contributed by atoms with Crippen LogP contribution in [0.4, 0.5) is 4.79 Å². The average Bonchev–Trinajstić information content (AvgIpc) is 3.12. The molecule has 1 saturated carbocycles. The standard InChI is InChI=1S/C11H20N2O5/c14-5-3-9(10(15)16)13-11(17)12-4-6-18-7-8-1-2-8/h8-9,14H,1-7H2,(H,15,16)(H2,12,13,17)/t9-/m0/s1. The smallest absolute Gasteiger partial charge is 0.326 e. The van der Waals surface area contributed by atoms with E-state index in [4.69, 9.17) is 14.9 Å². The van der Waals surface area contributed by atoms with Crippen molar-refractivity contribution >= 4 is 12.0 Å². The molecule has 7 nitrogen and oxygen atoms in total. The zero-order valence-electron chi connectivity index (χ0n) is 10.2. The number of nitrogens with one attached hydrogen (secondary N) is 2. The van der Waals surface area contributed by atoms with E-state index >= 15 is 0 Å². The van der Waals surface area contributed by atoms with Crippen molar-refractivity contribution in [3.8, 4) is 0 Å². The van der Waals surface area contributed by atoms with Crippen LogP contribution in [-0.4, -0.2) is 54.6 Å². The molecule has 2 amide bonds. The number of urea groups is 1. The molecule has 0 radical (unpaired) electrons. The zero-order valence-corrected chi connectivity index (χ0v) is 10.2. The minimum absolute atomic E-state index is 0.0130. The minimum Gasteiger partial charge on any atom is -0.480 e. The molecule has 0 bridgehead atoms. The summed E-state index contributed by atoms with van der Waals surface area (Å²) in [6.07, 6.45) is 2.42.